The van der Waals surface area contributed by atoms with Gasteiger partial charge in [0.15, 0.2) is 17.7 Å². The summed E-state index contributed by atoms with van der Waals surface area (Å²) in [6, 6.07) is 4.66. The number of hydrogen-bond donors (Lipinski definition) is 2. The summed E-state index contributed by atoms with van der Waals surface area (Å²) >= 11 is 0. The van der Waals surface area contributed by atoms with E-state index in [1.54, 1.807) is 12.1 Å². The molecule has 0 saturated carbocycles. The van der Waals surface area contributed by atoms with Gasteiger partial charge in [-0.1, -0.05) is 25.5 Å². The van der Waals surface area contributed by atoms with Gasteiger partial charge in [-0.25, -0.2) is 4.39 Å². The first-order chi connectivity index (χ1) is 9.11. The van der Waals surface area contributed by atoms with Crippen molar-refractivity contribution in [1.29, 1.82) is 0 Å². The van der Waals surface area contributed by atoms with Gasteiger partial charge in [0.2, 0.25) is 0 Å². The Morgan fingerprint density at radius 3 is 3.11 bits per heavy atom. The summed E-state index contributed by atoms with van der Waals surface area (Å²) in [5.41, 5.74) is 0.703. The van der Waals surface area contributed by atoms with Gasteiger partial charge in [-0.2, -0.15) is 0 Å². The zero-order chi connectivity index (χ0) is 13.8. The number of halogens is 1. The Balaban J connectivity index is 1.88. The van der Waals surface area contributed by atoms with Crippen molar-refractivity contribution in [2.45, 2.75) is 38.4 Å². The molecule has 1 aromatic rings. The van der Waals surface area contributed by atoms with Crippen LogP contribution in [0.15, 0.2) is 18.2 Å². The molecule has 0 spiro atoms. The summed E-state index contributed by atoms with van der Waals surface area (Å²) in [4.78, 5) is 11.9. The molecule has 1 aliphatic heterocycles. The molecular weight excluding hydrogens is 249 g/mol. The number of carbonyl (C=O) groups excluding carboxylic acids is 1. The van der Waals surface area contributed by atoms with Crippen LogP contribution in [0.2, 0.25) is 0 Å². The van der Waals surface area contributed by atoms with Crippen molar-refractivity contribution in [3.05, 3.63) is 29.6 Å². The molecule has 0 saturated heterocycles. The molecular formula is C14H18FNO3. The van der Waals surface area contributed by atoms with Crippen LogP contribution in [-0.2, 0) is 11.2 Å². The highest BCUT2D eigenvalue weighted by Crippen LogP contribution is 2.31. The van der Waals surface area contributed by atoms with Gasteiger partial charge in [-0.3, -0.25) is 4.79 Å². The number of nitrogens with one attached hydrogen (secondary N) is 1. The second kappa shape index (κ2) is 6.02. The molecule has 2 rings (SSSR count). The minimum atomic E-state index is -0.708. The zero-order valence-corrected chi connectivity index (χ0v) is 10.9. The van der Waals surface area contributed by atoms with E-state index in [1.165, 1.54) is 6.07 Å². The van der Waals surface area contributed by atoms with E-state index < -0.39 is 18.0 Å². The first-order valence-corrected chi connectivity index (χ1v) is 6.51. The third kappa shape index (κ3) is 3.23. The predicted molar refractivity (Wildman–Crippen MR) is 68.4 cm³/mol. The van der Waals surface area contributed by atoms with Crippen molar-refractivity contribution in [2.24, 2.45) is 0 Å². The Morgan fingerprint density at radius 1 is 1.63 bits per heavy atom. The van der Waals surface area contributed by atoms with Crippen molar-refractivity contribution in [3.63, 3.8) is 0 Å². The van der Waals surface area contributed by atoms with Gasteiger partial charge in [0.1, 0.15) is 0 Å². The van der Waals surface area contributed by atoms with E-state index in [0.29, 0.717) is 18.4 Å². The van der Waals surface area contributed by atoms with Crippen molar-refractivity contribution >= 4 is 5.91 Å². The molecule has 0 aliphatic carbocycles. The Kier molecular flexibility index (Phi) is 4.37. The molecule has 2 N–H and O–H groups in total. The lowest BCUT2D eigenvalue weighted by atomic mass is 10.1. The lowest BCUT2D eigenvalue weighted by Crippen LogP contribution is -2.41. The van der Waals surface area contributed by atoms with Crippen LogP contribution in [0.1, 0.15) is 25.3 Å². The average Bonchev–Trinajstić information content (AvgIpc) is 2.82. The average molecular weight is 267 g/mol. The first-order valence-electron chi connectivity index (χ1n) is 6.51. The molecule has 1 aromatic carbocycles. The molecule has 1 aliphatic rings. The number of carbonyl (C=O) groups is 1. The van der Waals surface area contributed by atoms with E-state index in [0.717, 1.165) is 6.42 Å². The van der Waals surface area contributed by atoms with Gasteiger partial charge in [-0.15, -0.1) is 0 Å². The van der Waals surface area contributed by atoms with Crippen LogP contribution in [0.3, 0.4) is 0 Å². The Bertz CT molecular complexity index is 464. The van der Waals surface area contributed by atoms with E-state index >= 15 is 0 Å². The van der Waals surface area contributed by atoms with E-state index in [9.17, 15) is 14.3 Å². The van der Waals surface area contributed by atoms with Crippen molar-refractivity contribution < 1.29 is 19.0 Å². The zero-order valence-electron chi connectivity index (χ0n) is 10.9. The Morgan fingerprint density at radius 2 is 2.42 bits per heavy atom. The maximum absolute atomic E-state index is 13.4. The number of benzene rings is 1. The van der Waals surface area contributed by atoms with Crippen LogP contribution in [0, 0.1) is 5.82 Å². The number of ether oxygens (including phenoxy) is 1. The van der Waals surface area contributed by atoms with E-state index in [-0.39, 0.29) is 18.2 Å². The molecule has 4 nitrogen and oxygen atoms in total. The third-order valence-electron chi connectivity index (χ3n) is 3.14. The summed E-state index contributed by atoms with van der Waals surface area (Å²) in [5, 5.41) is 12.2. The summed E-state index contributed by atoms with van der Waals surface area (Å²) < 4.78 is 18.8. The van der Waals surface area contributed by atoms with Crippen molar-refractivity contribution in [3.8, 4) is 5.75 Å². The normalized spacial score (nSPS) is 18.6. The molecule has 5 heteroatoms. The summed E-state index contributed by atoms with van der Waals surface area (Å²) in [5.74, 6) is -0.596. The molecule has 0 bridgehead atoms. The number of hydrogen-bond acceptors (Lipinski definition) is 3. The maximum atomic E-state index is 13.4. The highest BCUT2D eigenvalue weighted by molar-refractivity contribution is 5.82. The van der Waals surface area contributed by atoms with E-state index in [4.69, 9.17) is 4.74 Å². The maximum Gasteiger partial charge on any atom is 0.261 e. The van der Waals surface area contributed by atoms with Crippen molar-refractivity contribution in [2.75, 3.05) is 6.54 Å². The molecule has 0 aromatic heterocycles. The van der Waals surface area contributed by atoms with Crippen LogP contribution in [-0.4, -0.2) is 29.8 Å². The number of aliphatic hydroxyl groups excluding tert-OH is 1. The quantitative estimate of drug-likeness (QED) is 0.848. The third-order valence-corrected chi connectivity index (χ3v) is 3.14. The number of amides is 1. The second-order valence-corrected chi connectivity index (χ2v) is 4.73. The van der Waals surface area contributed by atoms with Gasteiger partial charge in [0, 0.05) is 18.5 Å². The molecule has 2 atom stereocenters. The van der Waals surface area contributed by atoms with Crippen molar-refractivity contribution in [1.82, 2.24) is 5.32 Å². The minimum Gasteiger partial charge on any atom is -0.477 e. The van der Waals surface area contributed by atoms with E-state index in [2.05, 4.69) is 5.32 Å². The van der Waals surface area contributed by atoms with Crippen LogP contribution in [0.4, 0.5) is 4.39 Å². The molecule has 19 heavy (non-hydrogen) atoms. The van der Waals surface area contributed by atoms with Gasteiger partial charge in [0.25, 0.3) is 5.91 Å². The monoisotopic (exact) mass is 267 g/mol. The molecule has 0 radical (unpaired) electrons. The smallest absolute Gasteiger partial charge is 0.261 e. The number of para-hydroxylation sites is 1. The Hall–Kier alpha value is -1.62. The first kappa shape index (κ1) is 13.8. The summed E-state index contributed by atoms with van der Waals surface area (Å²) in [7, 11) is 0. The molecule has 104 valence electrons. The summed E-state index contributed by atoms with van der Waals surface area (Å²) in [6.45, 7) is 2.16. The Labute approximate surface area is 111 Å². The molecule has 0 fully saturated rings. The molecule has 2 unspecified atom stereocenters. The van der Waals surface area contributed by atoms with Gasteiger partial charge in [-0.05, 0) is 12.5 Å². The largest absolute Gasteiger partial charge is 0.477 e. The summed E-state index contributed by atoms with van der Waals surface area (Å²) in [6.07, 6.45) is 0.604. The standard InChI is InChI=1S/C14H18FNO3/c1-2-4-10(17)8-16-14(18)12-7-9-5-3-6-11(15)13(9)19-12/h3,5-6,10,12,17H,2,4,7-8H2,1H3,(H,16,18). The number of aliphatic hydroxyl groups is 1. The SMILES string of the molecule is CCCC(O)CNC(=O)C1Cc2cccc(F)c2O1. The van der Waals surface area contributed by atoms with Gasteiger partial charge in [0.05, 0.1) is 6.10 Å². The highest BCUT2D eigenvalue weighted by atomic mass is 19.1. The topological polar surface area (TPSA) is 58.6 Å². The predicted octanol–water partition coefficient (Wildman–Crippen LogP) is 1.41. The lowest BCUT2D eigenvalue weighted by Gasteiger charge is -2.14. The molecule has 1 amide bonds. The fourth-order valence-electron chi connectivity index (χ4n) is 2.14. The number of fused-ring (bicyclic) bond motifs is 1. The lowest BCUT2D eigenvalue weighted by molar-refractivity contribution is -0.127. The van der Waals surface area contributed by atoms with Gasteiger partial charge >= 0.3 is 0 Å². The van der Waals surface area contributed by atoms with Gasteiger partial charge < -0.3 is 15.2 Å². The second-order valence-electron chi connectivity index (χ2n) is 4.73. The van der Waals surface area contributed by atoms with Crippen LogP contribution in [0.5, 0.6) is 5.75 Å². The highest BCUT2D eigenvalue weighted by Gasteiger charge is 2.31. The minimum absolute atomic E-state index is 0.164. The fraction of sp³-hybridized carbons (Fsp3) is 0.500. The number of rotatable bonds is 5. The van der Waals surface area contributed by atoms with Crippen LogP contribution in [0.25, 0.3) is 0 Å². The molecule has 1 heterocycles. The van der Waals surface area contributed by atoms with Crippen LogP contribution >= 0.6 is 0 Å². The van der Waals surface area contributed by atoms with E-state index in [1.807, 2.05) is 6.92 Å². The van der Waals surface area contributed by atoms with Crippen LogP contribution < -0.4 is 10.1 Å². The fourth-order valence-corrected chi connectivity index (χ4v) is 2.14.